The maximum Gasteiger partial charge on any atom is 0.242 e. The van der Waals surface area contributed by atoms with Gasteiger partial charge in [0.05, 0.1) is 4.90 Å². The lowest BCUT2D eigenvalue weighted by molar-refractivity contribution is 0.519. The Morgan fingerprint density at radius 1 is 1.33 bits per heavy atom. The lowest BCUT2D eigenvalue weighted by Gasteiger charge is -2.17. The molecule has 134 valence electrons. The average molecular weight is 371 g/mol. The zero-order valence-electron chi connectivity index (χ0n) is 14.4. The van der Waals surface area contributed by atoms with Gasteiger partial charge in [-0.1, -0.05) is 18.2 Å². The van der Waals surface area contributed by atoms with E-state index in [9.17, 15) is 8.42 Å². The molecule has 1 fully saturated rings. The van der Waals surface area contributed by atoms with Gasteiger partial charge < -0.3 is 10.6 Å². The first-order chi connectivity index (χ1) is 11.4. The summed E-state index contributed by atoms with van der Waals surface area (Å²) in [5, 5.41) is 7.16. The Labute approximate surface area is 149 Å². The van der Waals surface area contributed by atoms with Gasteiger partial charge >= 0.3 is 0 Å². The second kappa shape index (κ2) is 8.73. The van der Waals surface area contributed by atoms with Crippen LogP contribution in [0.4, 0.5) is 0 Å². The monoisotopic (exact) mass is 370 g/mol. The van der Waals surface area contributed by atoms with Gasteiger partial charge in [-0.15, -0.1) is 0 Å². The Balaban J connectivity index is 2.00. The van der Waals surface area contributed by atoms with Crippen molar-refractivity contribution in [3.8, 4) is 0 Å². The van der Waals surface area contributed by atoms with Crippen LogP contribution in [0, 0.1) is 0 Å². The van der Waals surface area contributed by atoms with Crippen LogP contribution < -0.4 is 10.6 Å². The molecule has 1 aromatic carbocycles. The third kappa shape index (κ3) is 4.87. The summed E-state index contributed by atoms with van der Waals surface area (Å²) >= 11 is 1.99. The van der Waals surface area contributed by atoms with Gasteiger partial charge in [0.25, 0.3) is 0 Å². The molecule has 1 aliphatic rings. The van der Waals surface area contributed by atoms with Crippen molar-refractivity contribution in [3.05, 3.63) is 29.8 Å². The van der Waals surface area contributed by atoms with Crippen molar-refractivity contribution >= 4 is 27.7 Å². The van der Waals surface area contributed by atoms with Crippen LogP contribution in [-0.2, 0) is 16.6 Å². The molecule has 2 rings (SSSR count). The molecular formula is C16H26N4O2S2. The van der Waals surface area contributed by atoms with E-state index in [2.05, 4.69) is 15.6 Å². The smallest absolute Gasteiger partial charge is 0.242 e. The molecule has 1 heterocycles. The van der Waals surface area contributed by atoms with E-state index in [0.29, 0.717) is 22.6 Å². The van der Waals surface area contributed by atoms with Crippen molar-refractivity contribution in [3.63, 3.8) is 0 Å². The summed E-state index contributed by atoms with van der Waals surface area (Å²) in [6.07, 6.45) is 2.51. The molecule has 8 heteroatoms. The van der Waals surface area contributed by atoms with Crippen LogP contribution >= 0.6 is 11.8 Å². The van der Waals surface area contributed by atoms with Gasteiger partial charge in [0.1, 0.15) is 0 Å². The normalized spacial score (nSPS) is 18.8. The third-order valence-electron chi connectivity index (χ3n) is 3.92. The minimum absolute atomic E-state index is 0.323. The Bertz CT molecular complexity index is 668. The fourth-order valence-electron chi connectivity index (χ4n) is 2.51. The summed E-state index contributed by atoms with van der Waals surface area (Å²) < 4.78 is 26.1. The number of aliphatic imine (C=N–C) groups is 1. The quantitative estimate of drug-likeness (QED) is 0.586. The lowest BCUT2D eigenvalue weighted by Crippen LogP contribution is -2.40. The molecule has 0 aromatic heterocycles. The molecule has 6 nitrogen and oxygen atoms in total. The number of sulfonamides is 1. The number of benzene rings is 1. The van der Waals surface area contributed by atoms with Crippen molar-refractivity contribution < 1.29 is 8.42 Å². The minimum Gasteiger partial charge on any atom is -0.355 e. The Morgan fingerprint density at radius 3 is 2.71 bits per heavy atom. The van der Waals surface area contributed by atoms with Crippen LogP contribution in [-0.4, -0.2) is 57.4 Å². The molecule has 1 aromatic rings. The molecule has 1 unspecified atom stereocenters. The SMILES string of the molecule is CN=C(NCc1ccccc1S(=O)(=O)N(C)C)NCC1CCCS1. The summed E-state index contributed by atoms with van der Waals surface area (Å²) in [7, 11) is 1.35. The minimum atomic E-state index is -3.46. The lowest BCUT2D eigenvalue weighted by atomic mass is 10.2. The van der Waals surface area contributed by atoms with E-state index >= 15 is 0 Å². The second-order valence-electron chi connectivity index (χ2n) is 5.84. The summed E-state index contributed by atoms with van der Waals surface area (Å²) in [6.45, 7) is 1.28. The number of hydrogen-bond donors (Lipinski definition) is 2. The van der Waals surface area contributed by atoms with Crippen LogP contribution in [0.3, 0.4) is 0 Å². The number of thioether (sulfide) groups is 1. The van der Waals surface area contributed by atoms with Gasteiger partial charge in [-0.3, -0.25) is 4.99 Å². The van der Waals surface area contributed by atoms with Crippen molar-refractivity contribution in [1.82, 2.24) is 14.9 Å². The fourth-order valence-corrected chi connectivity index (χ4v) is 4.83. The highest BCUT2D eigenvalue weighted by Gasteiger charge is 2.21. The number of rotatable bonds is 6. The number of guanidine groups is 1. The molecule has 0 bridgehead atoms. The Morgan fingerprint density at radius 2 is 2.08 bits per heavy atom. The highest BCUT2D eigenvalue weighted by atomic mass is 32.2. The first-order valence-electron chi connectivity index (χ1n) is 8.01. The standard InChI is InChI=1S/C16H26N4O2S2/c1-17-16(19-12-14-8-6-10-23-14)18-11-13-7-4-5-9-15(13)24(21,22)20(2)3/h4-5,7,9,14H,6,8,10-12H2,1-3H3,(H2,17,18,19). The highest BCUT2D eigenvalue weighted by molar-refractivity contribution is 8.00. The Kier molecular flexibility index (Phi) is 6.94. The molecular weight excluding hydrogens is 344 g/mol. The van der Waals surface area contributed by atoms with Crippen LogP contribution in [0.25, 0.3) is 0 Å². The predicted molar refractivity (Wildman–Crippen MR) is 101 cm³/mol. The van der Waals surface area contributed by atoms with Gasteiger partial charge in [0, 0.05) is 39.5 Å². The topological polar surface area (TPSA) is 73.8 Å². The van der Waals surface area contributed by atoms with Crippen LogP contribution in [0.1, 0.15) is 18.4 Å². The third-order valence-corrected chi connectivity index (χ3v) is 7.24. The zero-order chi connectivity index (χ0) is 17.6. The van der Waals surface area contributed by atoms with Crippen molar-refractivity contribution in [2.45, 2.75) is 29.5 Å². The maximum atomic E-state index is 12.4. The average Bonchev–Trinajstić information content (AvgIpc) is 3.08. The molecule has 1 saturated heterocycles. The summed E-state index contributed by atoms with van der Waals surface area (Å²) in [5.74, 6) is 1.92. The zero-order valence-corrected chi connectivity index (χ0v) is 16.1. The highest BCUT2D eigenvalue weighted by Crippen LogP contribution is 2.25. The van der Waals surface area contributed by atoms with E-state index in [1.54, 1.807) is 33.3 Å². The van der Waals surface area contributed by atoms with E-state index in [1.165, 1.54) is 22.9 Å². The predicted octanol–water partition coefficient (Wildman–Crippen LogP) is 1.50. The van der Waals surface area contributed by atoms with Gasteiger partial charge in [-0.25, -0.2) is 12.7 Å². The second-order valence-corrected chi connectivity index (χ2v) is 9.37. The molecule has 0 saturated carbocycles. The van der Waals surface area contributed by atoms with Gasteiger partial charge in [0.2, 0.25) is 10.0 Å². The van der Waals surface area contributed by atoms with Gasteiger partial charge in [0.15, 0.2) is 5.96 Å². The van der Waals surface area contributed by atoms with E-state index in [4.69, 9.17) is 0 Å². The number of nitrogens with zero attached hydrogens (tertiary/aromatic N) is 2. The molecule has 0 spiro atoms. The van der Waals surface area contributed by atoms with E-state index in [0.717, 1.165) is 12.1 Å². The van der Waals surface area contributed by atoms with Crippen LogP contribution in [0.2, 0.25) is 0 Å². The molecule has 2 N–H and O–H groups in total. The van der Waals surface area contributed by atoms with Crippen LogP contribution in [0.15, 0.2) is 34.2 Å². The van der Waals surface area contributed by atoms with E-state index < -0.39 is 10.0 Å². The molecule has 0 radical (unpaired) electrons. The molecule has 1 aliphatic heterocycles. The van der Waals surface area contributed by atoms with E-state index in [1.807, 2.05) is 23.9 Å². The summed E-state index contributed by atoms with van der Waals surface area (Å²) in [5.41, 5.74) is 0.726. The first kappa shape index (κ1) is 19.1. The fraction of sp³-hybridized carbons (Fsp3) is 0.562. The summed E-state index contributed by atoms with van der Waals surface area (Å²) in [4.78, 5) is 4.54. The summed E-state index contributed by atoms with van der Waals surface area (Å²) in [6, 6.07) is 7.04. The number of hydrogen-bond acceptors (Lipinski definition) is 4. The van der Waals surface area contributed by atoms with Crippen molar-refractivity contribution in [2.75, 3.05) is 33.4 Å². The van der Waals surface area contributed by atoms with Gasteiger partial charge in [-0.05, 0) is 30.2 Å². The first-order valence-corrected chi connectivity index (χ1v) is 10.5. The Hall–Kier alpha value is -1.25. The molecule has 24 heavy (non-hydrogen) atoms. The molecule has 0 aliphatic carbocycles. The number of nitrogens with one attached hydrogen (secondary N) is 2. The van der Waals surface area contributed by atoms with E-state index in [-0.39, 0.29) is 0 Å². The van der Waals surface area contributed by atoms with Crippen molar-refractivity contribution in [2.24, 2.45) is 4.99 Å². The van der Waals surface area contributed by atoms with Crippen molar-refractivity contribution in [1.29, 1.82) is 0 Å². The van der Waals surface area contributed by atoms with Gasteiger partial charge in [-0.2, -0.15) is 11.8 Å². The van der Waals surface area contributed by atoms with Crippen LogP contribution in [0.5, 0.6) is 0 Å². The largest absolute Gasteiger partial charge is 0.355 e. The molecule has 1 atom stereocenters. The molecule has 0 amide bonds. The maximum absolute atomic E-state index is 12.4.